The van der Waals surface area contributed by atoms with Gasteiger partial charge >= 0.3 is 0 Å². The lowest BCUT2D eigenvalue weighted by atomic mass is 10.1. The minimum atomic E-state index is -0.269. The Kier molecular flexibility index (Phi) is 3.25. The van der Waals surface area contributed by atoms with Crippen LogP contribution in [0.2, 0.25) is 5.02 Å². The fourth-order valence-corrected chi connectivity index (χ4v) is 3.00. The van der Waals surface area contributed by atoms with E-state index in [1.54, 1.807) is 25.1 Å². The normalized spacial score (nSPS) is 11.2. The molecule has 0 radical (unpaired) electrons. The molecule has 0 unspecified atom stereocenters. The molecule has 0 fully saturated rings. The molecule has 0 aliphatic heterocycles. The molecule has 118 valence electrons. The Balaban J connectivity index is 1.93. The summed E-state index contributed by atoms with van der Waals surface area (Å²) in [4.78, 5) is 17.5. The van der Waals surface area contributed by atoms with E-state index in [0.717, 1.165) is 16.3 Å². The van der Waals surface area contributed by atoms with Gasteiger partial charge in [-0.15, -0.1) is 5.10 Å². The second-order valence-electron chi connectivity index (χ2n) is 5.58. The van der Waals surface area contributed by atoms with Gasteiger partial charge in [0.2, 0.25) is 0 Å². The highest BCUT2D eigenvalue weighted by Gasteiger charge is 2.18. The van der Waals surface area contributed by atoms with Crippen molar-refractivity contribution in [3.8, 4) is 0 Å². The van der Waals surface area contributed by atoms with Gasteiger partial charge in [0.1, 0.15) is 0 Å². The number of nitrogens with two attached hydrogens (primary N) is 1. The van der Waals surface area contributed by atoms with E-state index in [2.05, 4.69) is 10.1 Å². The van der Waals surface area contributed by atoms with E-state index in [1.165, 1.54) is 4.68 Å². The summed E-state index contributed by atoms with van der Waals surface area (Å²) < 4.78 is 1.32. The number of hydrogen-bond donors (Lipinski definition) is 1. The molecule has 0 aliphatic carbocycles. The standard InChI is InChI=1S/C18H13ClN4O/c1-10-14(9-11-8-12(19)6-7-15(11)21-10)18(24)23-16-5-3-2-4-13(16)17(20)22-23/h2-9H,1H3,(H2,20,22). The number of aromatic nitrogens is 3. The number of rotatable bonds is 1. The van der Waals surface area contributed by atoms with E-state index in [1.807, 2.05) is 30.3 Å². The lowest BCUT2D eigenvalue weighted by Gasteiger charge is -2.08. The van der Waals surface area contributed by atoms with Gasteiger partial charge in [-0.05, 0) is 43.3 Å². The summed E-state index contributed by atoms with van der Waals surface area (Å²) in [5.74, 6) is 0.0585. The van der Waals surface area contributed by atoms with E-state index < -0.39 is 0 Å². The van der Waals surface area contributed by atoms with Gasteiger partial charge in [0.25, 0.3) is 5.91 Å². The SMILES string of the molecule is Cc1nc2ccc(Cl)cc2cc1C(=O)n1nc(N)c2ccccc21. The van der Waals surface area contributed by atoms with Crippen LogP contribution in [0.15, 0.2) is 48.5 Å². The van der Waals surface area contributed by atoms with E-state index in [-0.39, 0.29) is 5.91 Å². The van der Waals surface area contributed by atoms with Gasteiger partial charge in [0.05, 0.1) is 22.3 Å². The second kappa shape index (κ2) is 5.32. The number of carbonyl (C=O) groups is 1. The zero-order valence-corrected chi connectivity index (χ0v) is 13.6. The molecule has 2 heterocycles. The van der Waals surface area contributed by atoms with Crippen LogP contribution in [-0.4, -0.2) is 20.7 Å². The zero-order chi connectivity index (χ0) is 16.8. The van der Waals surface area contributed by atoms with Gasteiger partial charge in [-0.1, -0.05) is 23.7 Å². The number of benzene rings is 2. The maximum Gasteiger partial charge on any atom is 0.280 e. The van der Waals surface area contributed by atoms with Gasteiger partial charge in [-0.25, -0.2) is 0 Å². The highest BCUT2D eigenvalue weighted by atomic mass is 35.5. The number of fused-ring (bicyclic) bond motifs is 2. The summed E-state index contributed by atoms with van der Waals surface area (Å²) in [6.07, 6.45) is 0. The van der Waals surface area contributed by atoms with Crippen molar-refractivity contribution in [1.29, 1.82) is 0 Å². The summed E-state index contributed by atoms with van der Waals surface area (Å²) in [5, 5.41) is 6.35. The third-order valence-electron chi connectivity index (χ3n) is 4.01. The van der Waals surface area contributed by atoms with Crippen LogP contribution in [0.1, 0.15) is 16.1 Å². The summed E-state index contributed by atoms with van der Waals surface area (Å²) in [7, 11) is 0. The lowest BCUT2D eigenvalue weighted by Crippen LogP contribution is -2.16. The molecule has 0 bridgehead atoms. The van der Waals surface area contributed by atoms with Crippen LogP contribution in [0.3, 0.4) is 0 Å². The Morgan fingerprint density at radius 3 is 2.79 bits per heavy atom. The van der Waals surface area contributed by atoms with E-state index in [9.17, 15) is 4.79 Å². The van der Waals surface area contributed by atoms with Crippen LogP contribution >= 0.6 is 11.6 Å². The van der Waals surface area contributed by atoms with Crippen molar-refractivity contribution in [3.05, 3.63) is 64.8 Å². The first-order chi connectivity index (χ1) is 11.5. The van der Waals surface area contributed by atoms with Crippen molar-refractivity contribution in [2.75, 3.05) is 5.73 Å². The number of nitrogen functional groups attached to an aromatic ring is 1. The van der Waals surface area contributed by atoms with E-state index >= 15 is 0 Å². The molecule has 4 aromatic rings. The number of carbonyl (C=O) groups excluding carboxylic acids is 1. The Hall–Kier alpha value is -2.92. The molecule has 4 rings (SSSR count). The summed E-state index contributed by atoms with van der Waals surface area (Å²) in [6, 6.07) is 14.6. The molecule has 6 heteroatoms. The molecule has 0 saturated carbocycles. The minimum absolute atomic E-state index is 0.269. The van der Waals surface area contributed by atoms with Crippen LogP contribution in [0.25, 0.3) is 21.8 Å². The molecule has 5 nitrogen and oxygen atoms in total. The smallest absolute Gasteiger partial charge is 0.280 e. The predicted octanol–water partition coefficient (Wildman–Crippen LogP) is 3.82. The van der Waals surface area contributed by atoms with E-state index in [4.69, 9.17) is 17.3 Å². The maximum absolute atomic E-state index is 13.0. The molecule has 0 aliphatic rings. The molecule has 24 heavy (non-hydrogen) atoms. The fraction of sp³-hybridized carbons (Fsp3) is 0.0556. The Labute approximate surface area is 142 Å². The van der Waals surface area contributed by atoms with Gasteiger partial charge in [0, 0.05) is 15.8 Å². The van der Waals surface area contributed by atoms with Crippen molar-refractivity contribution in [3.63, 3.8) is 0 Å². The number of nitrogens with zero attached hydrogens (tertiary/aromatic N) is 3. The molecule has 0 saturated heterocycles. The highest BCUT2D eigenvalue weighted by molar-refractivity contribution is 6.31. The van der Waals surface area contributed by atoms with Crippen LogP contribution < -0.4 is 5.73 Å². The molecule has 0 spiro atoms. The summed E-state index contributed by atoms with van der Waals surface area (Å²) in [5.41, 5.74) is 8.49. The largest absolute Gasteiger partial charge is 0.382 e. The fourth-order valence-electron chi connectivity index (χ4n) is 2.82. The number of halogens is 1. The quantitative estimate of drug-likeness (QED) is 0.573. The molecular formula is C18H13ClN4O. The van der Waals surface area contributed by atoms with E-state index in [0.29, 0.717) is 27.6 Å². The average molecular weight is 337 g/mol. The summed E-state index contributed by atoms with van der Waals surface area (Å²) in [6.45, 7) is 1.80. The van der Waals surface area contributed by atoms with Crippen molar-refractivity contribution in [2.45, 2.75) is 6.92 Å². The Bertz CT molecular complexity index is 1120. The molecule has 2 aromatic carbocycles. The van der Waals surface area contributed by atoms with Gasteiger partial charge in [-0.3, -0.25) is 9.78 Å². The van der Waals surface area contributed by atoms with Crippen molar-refractivity contribution in [2.24, 2.45) is 0 Å². The van der Waals surface area contributed by atoms with Crippen molar-refractivity contribution in [1.82, 2.24) is 14.8 Å². The van der Waals surface area contributed by atoms with Crippen molar-refractivity contribution >= 4 is 45.1 Å². The molecule has 0 atom stereocenters. The average Bonchev–Trinajstić information content (AvgIpc) is 2.91. The van der Waals surface area contributed by atoms with Crippen LogP contribution in [0.5, 0.6) is 0 Å². The van der Waals surface area contributed by atoms with Crippen molar-refractivity contribution < 1.29 is 4.79 Å². The van der Waals surface area contributed by atoms with Crippen LogP contribution in [0.4, 0.5) is 5.82 Å². The maximum atomic E-state index is 13.0. The zero-order valence-electron chi connectivity index (χ0n) is 12.8. The highest BCUT2D eigenvalue weighted by Crippen LogP contribution is 2.24. The lowest BCUT2D eigenvalue weighted by molar-refractivity contribution is 0.0950. The van der Waals surface area contributed by atoms with Gasteiger partial charge < -0.3 is 5.73 Å². The third-order valence-corrected chi connectivity index (χ3v) is 4.24. The molecule has 2 N–H and O–H groups in total. The van der Waals surface area contributed by atoms with Gasteiger partial charge in [0.15, 0.2) is 5.82 Å². The number of pyridine rings is 1. The molecule has 2 aromatic heterocycles. The number of anilines is 1. The number of aryl methyl sites for hydroxylation is 1. The Morgan fingerprint density at radius 1 is 1.17 bits per heavy atom. The minimum Gasteiger partial charge on any atom is -0.382 e. The third kappa shape index (κ3) is 2.21. The predicted molar refractivity (Wildman–Crippen MR) is 95.4 cm³/mol. The van der Waals surface area contributed by atoms with Crippen LogP contribution in [0, 0.1) is 6.92 Å². The first-order valence-corrected chi connectivity index (χ1v) is 7.77. The first-order valence-electron chi connectivity index (χ1n) is 7.39. The van der Waals surface area contributed by atoms with Crippen LogP contribution in [-0.2, 0) is 0 Å². The summed E-state index contributed by atoms with van der Waals surface area (Å²) >= 11 is 6.04. The first kappa shape index (κ1) is 14.7. The Morgan fingerprint density at radius 2 is 1.96 bits per heavy atom. The second-order valence-corrected chi connectivity index (χ2v) is 6.01. The molecule has 0 amide bonds. The van der Waals surface area contributed by atoms with Gasteiger partial charge in [-0.2, -0.15) is 4.68 Å². The number of hydrogen-bond acceptors (Lipinski definition) is 4. The monoisotopic (exact) mass is 336 g/mol. The topological polar surface area (TPSA) is 73.8 Å². The molecular weight excluding hydrogens is 324 g/mol. The number of para-hydroxylation sites is 1.